The lowest BCUT2D eigenvalue weighted by molar-refractivity contribution is -0.00538. The van der Waals surface area contributed by atoms with Crippen molar-refractivity contribution in [3.8, 4) is 0 Å². The quantitative estimate of drug-likeness (QED) is 0.822. The maximum absolute atomic E-state index is 5.92. The standard InChI is InChI=1S/C16H28N2O/c1-13-6-8-14(9-7-13)12-18(4)15(11-17)10-16(2,3)19-5/h6-9,15H,10-12,17H2,1-5H3. The van der Waals surface area contributed by atoms with Gasteiger partial charge in [0.2, 0.25) is 0 Å². The topological polar surface area (TPSA) is 38.5 Å². The highest BCUT2D eigenvalue weighted by Gasteiger charge is 2.24. The summed E-state index contributed by atoms with van der Waals surface area (Å²) in [6.07, 6.45) is 0.933. The number of nitrogens with two attached hydrogens (primary N) is 1. The lowest BCUT2D eigenvalue weighted by Crippen LogP contribution is -2.43. The minimum atomic E-state index is -0.133. The van der Waals surface area contributed by atoms with Crippen molar-refractivity contribution >= 4 is 0 Å². The Morgan fingerprint density at radius 1 is 1.26 bits per heavy atom. The molecule has 108 valence electrons. The Balaban J connectivity index is 2.63. The Morgan fingerprint density at radius 3 is 2.32 bits per heavy atom. The molecular formula is C16H28N2O. The molecule has 1 aromatic rings. The van der Waals surface area contributed by atoms with Gasteiger partial charge in [-0.2, -0.15) is 0 Å². The molecule has 0 aliphatic heterocycles. The van der Waals surface area contributed by atoms with Gasteiger partial charge in [0.25, 0.3) is 0 Å². The Labute approximate surface area is 117 Å². The van der Waals surface area contributed by atoms with Crippen LogP contribution in [0.5, 0.6) is 0 Å². The van der Waals surface area contributed by atoms with Crippen molar-refractivity contribution in [2.75, 3.05) is 20.7 Å². The summed E-state index contributed by atoms with van der Waals surface area (Å²) in [4.78, 5) is 2.31. The Kier molecular flexibility index (Phi) is 5.98. The van der Waals surface area contributed by atoms with E-state index in [1.165, 1.54) is 11.1 Å². The van der Waals surface area contributed by atoms with Crippen LogP contribution in [0.3, 0.4) is 0 Å². The van der Waals surface area contributed by atoms with E-state index in [4.69, 9.17) is 10.5 Å². The third kappa shape index (κ3) is 5.31. The summed E-state index contributed by atoms with van der Waals surface area (Å²) in [5.41, 5.74) is 8.40. The maximum atomic E-state index is 5.92. The molecule has 2 N–H and O–H groups in total. The zero-order valence-corrected chi connectivity index (χ0v) is 12.9. The SMILES string of the molecule is COC(C)(C)CC(CN)N(C)Cc1ccc(C)cc1. The van der Waals surface area contributed by atoms with Gasteiger partial charge in [-0.15, -0.1) is 0 Å². The molecule has 0 fully saturated rings. The summed E-state index contributed by atoms with van der Waals surface area (Å²) >= 11 is 0. The minimum Gasteiger partial charge on any atom is -0.379 e. The van der Waals surface area contributed by atoms with Crippen LogP contribution in [0.15, 0.2) is 24.3 Å². The molecule has 1 aromatic carbocycles. The summed E-state index contributed by atoms with van der Waals surface area (Å²) in [5, 5.41) is 0. The predicted octanol–water partition coefficient (Wildman–Crippen LogP) is 2.57. The largest absolute Gasteiger partial charge is 0.379 e. The van der Waals surface area contributed by atoms with Crippen LogP contribution in [0.1, 0.15) is 31.4 Å². The second kappa shape index (κ2) is 7.04. The lowest BCUT2D eigenvalue weighted by Gasteiger charge is -2.33. The third-order valence-corrected chi connectivity index (χ3v) is 3.73. The van der Waals surface area contributed by atoms with Crippen molar-refractivity contribution in [3.63, 3.8) is 0 Å². The van der Waals surface area contributed by atoms with Crippen LogP contribution in [0.4, 0.5) is 0 Å². The number of benzene rings is 1. The summed E-state index contributed by atoms with van der Waals surface area (Å²) in [6, 6.07) is 9.00. The van der Waals surface area contributed by atoms with Gasteiger partial charge in [0.15, 0.2) is 0 Å². The number of hydrogen-bond donors (Lipinski definition) is 1. The molecule has 3 nitrogen and oxygen atoms in total. The van der Waals surface area contributed by atoms with Gasteiger partial charge in [-0.1, -0.05) is 29.8 Å². The van der Waals surface area contributed by atoms with E-state index in [2.05, 4.69) is 57.0 Å². The van der Waals surface area contributed by atoms with E-state index in [0.717, 1.165) is 13.0 Å². The fraction of sp³-hybridized carbons (Fsp3) is 0.625. The number of nitrogens with zero attached hydrogens (tertiary/aromatic N) is 1. The number of rotatable bonds is 7. The molecule has 0 bridgehead atoms. The van der Waals surface area contributed by atoms with Crippen LogP contribution >= 0.6 is 0 Å². The van der Waals surface area contributed by atoms with Gasteiger partial charge < -0.3 is 10.5 Å². The van der Waals surface area contributed by atoms with Gasteiger partial charge in [-0.05, 0) is 39.8 Å². The minimum absolute atomic E-state index is 0.133. The first-order valence-electron chi connectivity index (χ1n) is 6.89. The van der Waals surface area contributed by atoms with E-state index < -0.39 is 0 Å². The number of methoxy groups -OCH3 is 1. The number of ether oxygens (including phenoxy) is 1. The Morgan fingerprint density at radius 2 is 1.84 bits per heavy atom. The monoisotopic (exact) mass is 264 g/mol. The van der Waals surface area contributed by atoms with Gasteiger partial charge in [0.1, 0.15) is 0 Å². The molecule has 0 aliphatic carbocycles. The van der Waals surface area contributed by atoms with Gasteiger partial charge in [0.05, 0.1) is 5.60 Å². The van der Waals surface area contributed by atoms with Gasteiger partial charge in [-0.3, -0.25) is 4.90 Å². The van der Waals surface area contributed by atoms with Gasteiger partial charge in [-0.25, -0.2) is 0 Å². The fourth-order valence-corrected chi connectivity index (χ4v) is 2.18. The molecule has 0 saturated carbocycles. The second-order valence-electron chi connectivity index (χ2n) is 5.96. The van der Waals surface area contributed by atoms with E-state index in [1.54, 1.807) is 7.11 Å². The van der Waals surface area contributed by atoms with E-state index in [-0.39, 0.29) is 5.60 Å². The van der Waals surface area contributed by atoms with E-state index >= 15 is 0 Å². The first-order valence-corrected chi connectivity index (χ1v) is 6.89. The van der Waals surface area contributed by atoms with Gasteiger partial charge >= 0.3 is 0 Å². The number of hydrogen-bond acceptors (Lipinski definition) is 3. The van der Waals surface area contributed by atoms with E-state index in [1.807, 2.05) is 0 Å². The maximum Gasteiger partial charge on any atom is 0.0638 e. The van der Waals surface area contributed by atoms with Crippen molar-refractivity contribution in [2.24, 2.45) is 5.73 Å². The second-order valence-corrected chi connectivity index (χ2v) is 5.96. The van der Waals surface area contributed by atoms with Crippen LogP contribution in [0, 0.1) is 6.92 Å². The molecule has 1 atom stereocenters. The average molecular weight is 264 g/mol. The zero-order chi connectivity index (χ0) is 14.5. The molecule has 0 aliphatic rings. The van der Waals surface area contributed by atoms with Crippen LogP contribution in [0.2, 0.25) is 0 Å². The molecular weight excluding hydrogens is 236 g/mol. The molecule has 0 amide bonds. The van der Waals surface area contributed by atoms with Crippen LogP contribution in [-0.2, 0) is 11.3 Å². The van der Waals surface area contributed by atoms with Crippen molar-refractivity contribution in [1.82, 2.24) is 4.90 Å². The van der Waals surface area contributed by atoms with Crippen molar-refractivity contribution in [1.29, 1.82) is 0 Å². The van der Waals surface area contributed by atoms with Gasteiger partial charge in [0, 0.05) is 26.2 Å². The smallest absolute Gasteiger partial charge is 0.0638 e. The summed E-state index contributed by atoms with van der Waals surface area (Å²) in [7, 11) is 3.89. The van der Waals surface area contributed by atoms with Crippen molar-refractivity contribution in [2.45, 2.75) is 45.4 Å². The highest BCUT2D eigenvalue weighted by Crippen LogP contribution is 2.19. The van der Waals surface area contributed by atoms with E-state index in [9.17, 15) is 0 Å². The Hall–Kier alpha value is -0.900. The molecule has 1 unspecified atom stereocenters. The zero-order valence-electron chi connectivity index (χ0n) is 12.9. The normalized spacial score (nSPS) is 13.8. The van der Waals surface area contributed by atoms with Crippen molar-refractivity contribution in [3.05, 3.63) is 35.4 Å². The predicted molar refractivity (Wildman–Crippen MR) is 81.2 cm³/mol. The summed E-state index contributed by atoms with van der Waals surface area (Å²) < 4.78 is 5.50. The summed E-state index contributed by atoms with van der Waals surface area (Å²) in [5.74, 6) is 0. The highest BCUT2D eigenvalue weighted by atomic mass is 16.5. The first-order chi connectivity index (χ1) is 8.88. The molecule has 0 saturated heterocycles. The average Bonchev–Trinajstić information content (AvgIpc) is 2.38. The third-order valence-electron chi connectivity index (χ3n) is 3.73. The fourth-order valence-electron chi connectivity index (χ4n) is 2.18. The van der Waals surface area contributed by atoms with Crippen LogP contribution in [0.25, 0.3) is 0 Å². The molecule has 0 heterocycles. The first kappa shape index (κ1) is 16.2. The van der Waals surface area contributed by atoms with Crippen molar-refractivity contribution < 1.29 is 4.74 Å². The molecule has 19 heavy (non-hydrogen) atoms. The highest BCUT2D eigenvalue weighted by molar-refractivity contribution is 5.21. The molecule has 3 heteroatoms. The van der Waals surface area contributed by atoms with Crippen LogP contribution in [-0.4, -0.2) is 37.2 Å². The lowest BCUT2D eigenvalue weighted by atomic mass is 9.97. The summed E-state index contributed by atoms with van der Waals surface area (Å²) in [6.45, 7) is 7.89. The van der Waals surface area contributed by atoms with E-state index in [0.29, 0.717) is 12.6 Å². The molecule has 0 spiro atoms. The molecule has 0 radical (unpaired) electrons. The van der Waals surface area contributed by atoms with Crippen LogP contribution < -0.4 is 5.73 Å². The molecule has 1 rings (SSSR count). The Bertz CT molecular complexity index is 373. The number of aryl methyl sites for hydroxylation is 1. The molecule has 0 aromatic heterocycles. The number of likely N-dealkylation sites (N-methyl/N-ethyl adjacent to an activating group) is 1.